The van der Waals surface area contributed by atoms with E-state index in [-0.39, 0.29) is 0 Å². The van der Waals surface area contributed by atoms with Crippen LogP contribution in [0.25, 0.3) is 0 Å². The van der Waals surface area contributed by atoms with Gasteiger partial charge in [0, 0.05) is 23.7 Å². The molecule has 0 radical (unpaired) electrons. The third kappa shape index (κ3) is 2.27. The second-order valence-electron chi connectivity index (χ2n) is 3.44. The Labute approximate surface area is 93.7 Å². The van der Waals surface area contributed by atoms with Gasteiger partial charge in [-0.25, -0.2) is 0 Å². The Morgan fingerprint density at radius 1 is 1.47 bits per heavy atom. The van der Waals surface area contributed by atoms with Gasteiger partial charge in [0.15, 0.2) is 0 Å². The lowest BCUT2D eigenvalue weighted by Gasteiger charge is -2.23. The van der Waals surface area contributed by atoms with Crippen LogP contribution in [0.1, 0.15) is 5.56 Å². The van der Waals surface area contributed by atoms with Crippen LogP contribution >= 0.6 is 11.8 Å². The van der Waals surface area contributed by atoms with Crippen LogP contribution in [0.2, 0.25) is 0 Å². The molecular weight excluding hydrogens is 208 g/mol. The highest BCUT2D eigenvalue weighted by Gasteiger charge is 2.14. The van der Waals surface area contributed by atoms with Gasteiger partial charge in [-0.1, -0.05) is 24.8 Å². The Morgan fingerprint density at radius 2 is 2.27 bits per heavy atom. The van der Waals surface area contributed by atoms with E-state index in [2.05, 4.69) is 30.3 Å². The summed E-state index contributed by atoms with van der Waals surface area (Å²) in [5.41, 5.74) is 3.40. The van der Waals surface area contributed by atoms with E-state index in [1.807, 2.05) is 22.7 Å². The van der Waals surface area contributed by atoms with Gasteiger partial charge in [0.2, 0.25) is 0 Å². The molecule has 3 nitrogen and oxygen atoms in total. The molecule has 2 N–H and O–H groups in total. The molecule has 0 fully saturated rings. The molecule has 2 rings (SSSR count). The Morgan fingerprint density at radius 3 is 3.07 bits per heavy atom. The van der Waals surface area contributed by atoms with Crippen molar-refractivity contribution in [2.24, 2.45) is 0 Å². The standard InChI is InChI=1S/C11H14N2OS/c1-9(12-14)13-6-7-15-11-5-3-2-4-10(11)8-13/h2-5,12,14H,1,6-8H2. The predicted octanol–water partition coefficient (Wildman–Crippen LogP) is 2.04. The van der Waals surface area contributed by atoms with Crippen molar-refractivity contribution in [3.8, 4) is 0 Å². The van der Waals surface area contributed by atoms with Crippen LogP contribution in [0.5, 0.6) is 0 Å². The summed E-state index contributed by atoms with van der Waals surface area (Å²) in [4.78, 5) is 3.37. The van der Waals surface area contributed by atoms with Gasteiger partial charge in [-0.2, -0.15) is 0 Å². The van der Waals surface area contributed by atoms with E-state index in [4.69, 9.17) is 5.21 Å². The van der Waals surface area contributed by atoms with Crippen molar-refractivity contribution in [3.63, 3.8) is 0 Å². The summed E-state index contributed by atoms with van der Waals surface area (Å²) in [6.07, 6.45) is 0. The summed E-state index contributed by atoms with van der Waals surface area (Å²) in [5.74, 6) is 1.57. The largest absolute Gasteiger partial charge is 0.352 e. The van der Waals surface area contributed by atoms with Crippen molar-refractivity contribution in [1.82, 2.24) is 10.4 Å². The predicted molar refractivity (Wildman–Crippen MR) is 61.6 cm³/mol. The molecule has 0 spiro atoms. The average molecular weight is 222 g/mol. The van der Waals surface area contributed by atoms with Crippen molar-refractivity contribution in [3.05, 3.63) is 42.2 Å². The highest BCUT2D eigenvalue weighted by Crippen LogP contribution is 2.27. The Kier molecular flexibility index (Phi) is 3.18. The van der Waals surface area contributed by atoms with Crippen molar-refractivity contribution in [2.45, 2.75) is 11.4 Å². The van der Waals surface area contributed by atoms with Crippen LogP contribution in [0.15, 0.2) is 41.6 Å². The molecule has 15 heavy (non-hydrogen) atoms. The van der Waals surface area contributed by atoms with Crippen molar-refractivity contribution in [1.29, 1.82) is 0 Å². The summed E-state index contributed by atoms with van der Waals surface area (Å²) in [7, 11) is 0. The molecule has 0 saturated heterocycles. The highest BCUT2D eigenvalue weighted by molar-refractivity contribution is 7.99. The lowest BCUT2D eigenvalue weighted by atomic mass is 10.2. The minimum Gasteiger partial charge on any atom is -0.352 e. The van der Waals surface area contributed by atoms with Gasteiger partial charge in [0.1, 0.15) is 5.82 Å². The Balaban J connectivity index is 2.21. The third-order valence-corrected chi connectivity index (χ3v) is 3.56. The minimum atomic E-state index is 0.562. The number of thioether (sulfide) groups is 1. The molecule has 0 saturated carbocycles. The zero-order valence-electron chi connectivity index (χ0n) is 8.44. The lowest BCUT2D eigenvalue weighted by Crippen LogP contribution is -2.30. The van der Waals surface area contributed by atoms with E-state index in [1.165, 1.54) is 10.5 Å². The molecule has 0 aliphatic carbocycles. The second kappa shape index (κ2) is 4.59. The van der Waals surface area contributed by atoms with Crippen LogP contribution < -0.4 is 5.48 Å². The number of hydroxylamine groups is 1. The molecule has 4 heteroatoms. The summed E-state index contributed by atoms with van der Waals surface area (Å²) in [5, 5.41) is 8.83. The molecule has 1 aromatic carbocycles. The summed E-state index contributed by atoms with van der Waals surface area (Å²) in [6.45, 7) is 5.46. The number of benzene rings is 1. The molecule has 0 atom stereocenters. The van der Waals surface area contributed by atoms with Crippen LogP contribution in [-0.2, 0) is 6.54 Å². The lowest BCUT2D eigenvalue weighted by molar-refractivity contribution is 0.150. The van der Waals surface area contributed by atoms with Crippen LogP contribution in [-0.4, -0.2) is 22.4 Å². The SMILES string of the molecule is C=C(NO)N1CCSc2ccccc2C1. The van der Waals surface area contributed by atoms with Crippen molar-refractivity contribution < 1.29 is 5.21 Å². The fraction of sp³-hybridized carbons (Fsp3) is 0.273. The Hall–Kier alpha value is -1.13. The first-order valence-corrected chi connectivity index (χ1v) is 5.84. The zero-order valence-corrected chi connectivity index (χ0v) is 9.26. The molecule has 0 amide bonds. The molecular formula is C11H14N2OS. The van der Waals surface area contributed by atoms with Gasteiger partial charge in [0.25, 0.3) is 0 Å². The summed E-state index contributed by atoms with van der Waals surface area (Å²) in [6, 6.07) is 8.35. The zero-order chi connectivity index (χ0) is 10.7. The third-order valence-electron chi connectivity index (χ3n) is 2.46. The van der Waals surface area contributed by atoms with Gasteiger partial charge in [-0.3, -0.25) is 10.7 Å². The van der Waals surface area contributed by atoms with Crippen LogP contribution in [0.3, 0.4) is 0 Å². The molecule has 1 aromatic rings. The average Bonchev–Trinajstić information content (AvgIpc) is 2.49. The van der Waals surface area contributed by atoms with Crippen molar-refractivity contribution in [2.75, 3.05) is 12.3 Å². The molecule has 1 aliphatic rings. The van der Waals surface area contributed by atoms with Crippen molar-refractivity contribution >= 4 is 11.8 Å². The maximum Gasteiger partial charge on any atom is 0.118 e. The van der Waals surface area contributed by atoms with Gasteiger partial charge < -0.3 is 4.90 Å². The van der Waals surface area contributed by atoms with E-state index in [0.29, 0.717) is 5.82 Å². The number of nitrogens with zero attached hydrogens (tertiary/aromatic N) is 1. The van der Waals surface area contributed by atoms with Crippen LogP contribution in [0.4, 0.5) is 0 Å². The molecule has 0 bridgehead atoms. The smallest absolute Gasteiger partial charge is 0.118 e. The first-order chi connectivity index (χ1) is 7.31. The maximum absolute atomic E-state index is 8.83. The van der Waals surface area contributed by atoms with E-state index in [1.54, 1.807) is 0 Å². The molecule has 0 unspecified atom stereocenters. The van der Waals surface area contributed by atoms with E-state index in [0.717, 1.165) is 18.8 Å². The summed E-state index contributed by atoms with van der Waals surface area (Å²) >= 11 is 1.85. The monoisotopic (exact) mass is 222 g/mol. The number of hydrogen-bond acceptors (Lipinski definition) is 4. The normalized spacial score (nSPS) is 15.4. The second-order valence-corrected chi connectivity index (χ2v) is 4.57. The number of hydrogen-bond donors (Lipinski definition) is 2. The van der Waals surface area contributed by atoms with Gasteiger partial charge in [-0.05, 0) is 11.6 Å². The Bertz CT molecular complexity index is 367. The fourth-order valence-electron chi connectivity index (χ4n) is 1.63. The summed E-state index contributed by atoms with van der Waals surface area (Å²) < 4.78 is 0. The van der Waals surface area contributed by atoms with Gasteiger partial charge in [0.05, 0.1) is 0 Å². The first kappa shape index (κ1) is 10.4. The number of nitrogens with one attached hydrogen (secondary N) is 1. The topological polar surface area (TPSA) is 35.5 Å². The molecule has 1 heterocycles. The quantitative estimate of drug-likeness (QED) is 0.751. The molecule has 80 valence electrons. The maximum atomic E-state index is 8.83. The van der Waals surface area contributed by atoms with Gasteiger partial charge in [-0.15, -0.1) is 11.8 Å². The van der Waals surface area contributed by atoms with E-state index >= 15 is 0 Å². The fourth-order valence-corrected chi connectivity index (χ4v) is 2.65. The van der Waals surface area contributed by atoms with Gasteiger partial charge >= 0.3 is 0 Å². The number of fused-ring (bicyclic) bond motifs is 1. The van der Waals surface area contributed by atoms with Crippen LogP contribution in [0, 0.1) is 0 Å². The minimum absolute atomic E-state index is 0.562. The van der Waals surface area contributed by atoms with E-state index in [9.17, 15) is 0 Å². The number of rotatable bonds is 2. The first-order valence-electron chi connectivity index (χ1n) is 4.86. The molecule has 0 aromatic heterocycles. The highest BCUT2D eigenvalue weighted by atomic mass is 32.2. The molecule has 1 aliphatic heterocycles. The van der Waals surface area contributed by atoms with E-state index < -0.39 is 0 Å².